The first kappa shape index (κ1) is 19.5. The van der Waals surface area contributed by atoms with Gasteiger partial charge in [0.15, 0.2) is 0 Å². The number of aromatic nitrogens is 3. The third-order valence-corrected chi connectivity index (χ3v) is 4.73. The molecule has 4 rings (SSSR count). The third-order valence-electron chi connectivity index (χ3n) is 4.73. The van der Waals surface area contributed by atoms with Gasteiger partial charge in [0, 0.05) is 37.5 Å². The van der Waals surface area contributed by atoms with Crippen LogP contribution in [0.2, 0.25) is 0 Å². The predicted molar refractivity (Wildman–Crippen MR) is 108 cm³/mol. The number of hydrogen-bond donors (Lipinski definition) is 1. The topological polar surface area (TPSA) is 68.4 Å². The van der Waals surface area contributed by atoms with Crippen LogP contribution in [-0.4, -0.2) is 20.1 Å². The van der Waals surface area contributed by atoms with E-state index in [2.05, 4.69) is 10.4 Å². The number of carbonyl (C=O) groups is 1. The van der Waals surface area contributed by atoms with E-state index in [0.717, 1.165) is 5.56 Å². The van der Waals surface area contributed by atoms with Crippen LogP contribution in [0.4, 0.5) is 8.78 Å². The molecule has 0 aliphatic rings. The quantitative estimate of drug-likeness (QED) is 0.533. The van der Waals surface area contributed by atoms with E-state index in [4.69, 9.17) is 0 Å². The van der Waals surface area contributed by atoms with Gasteiger partial charge in [0.25, 0.3) is 5.56 Å². The van der Waals surface area contributed by atoms with Gasteiger partial charge in [-0.25, -0.2) is 13.3 Å². The van der Waals surface area contributed by atoms with Crippen LogP contribution < -0.4 is 10.9 Å². The van der Waals surface area contributed by atoms with Crippen LogP contribution >= 0.6 is 0 Å². The summed E-state index contributed by atoms with van der Waals surface area (Å²) in [6, 6.07) is 13.4. The van der Waals surface area contributed by atoms with Crippen molar-refractivity contribution in [2.24, 2.45) is 0 Å². The Morgan fingerprint density at radius 1 is 0.967 bits per heavy atom. The Labute approximate surface area is 170 Å². The van der Waals surface area contributed by atoms with E-state index in [1.54, 1.807) is 42.7 Å². The standard InChI is InChI=1S/C22H18F2N4O2/c23-17-5-1-15(2-6-17)14-25-21(29)9-10-27-11-12-28-20(22(27)30)13-19(26-28)16-3-7-18(24)8-4-16/h1-8,11-13H,9-10,14H2,(H,25,29). The third kappa shape index (κ3) is 4.27. The maximum absolute atomic E-state index is 13.1. The molecule has 0 spiro atoms. The molecule has 0 unspecified atom stereocenters. The lowest BCUT2D eigenvalue weighted by Gasteiger charge is -2.07. The van der Waals surface area contributed by atoms with Crippen LogP contribution in [0.15, 0.2) is 71.8 Å². The van der Waals surface area contributed by atoms with Crippen molar-refractivity contribution < 1.29 is 13.6 Å². The highest BCUT2D eigenvalue weighted by Crippen LogP contribution is 2.18. The first-order chi connectivity index (χ1) is 14.5. The van der Waals surface area contributed by atoms with E-state index in [1.807, 2.05) is 0 Å². The van der Waals surface area contributed by atoms with Gasteiger partial charge in [0.05, 0.1) is 5.69 Å². The molecule has 30 heavy (non-hydrogen) atoms. The van der Waals surface area contributed by atoms with Crippen molar-refractivity contribution in [1.82, 2.24) is 19.5 Å². The maximum Gasteiger partial charge on any atom is 0.276 e. The molecular weight excluding hydrogens is 390 g/mol. The number of aryl methyl sites for hydroxylation is 1. The molecule has 0 bridgehead atoms. The average Bonchev–Trinajstić information content (AvgIpc) is 3.18. The summed E-state index contributed by atoms with van der Waals surface area (Å²) in [6.07, 6.45) is 3.33. The Hall–Kier alpha value is -3.81. The summed E-state index contributed by atoms with van der Waals surface area (Å²) in [7, 11) is 0. The number of hydrogen-bond acceptors (Lipinski definition) is 3. The Morgan fingerprint density at radius 2 is 1.63 bits per heavy atom. The summed E-state index contributed by atoms with van der Waals surface area (Å²) < 4.78 is 28.9. The second-order valence-electron chi connectivity index (χ2n) is 6.82. The lowest BCUT2D eigenvalue weighted by molar-refractivity contribution is -0.121. The molecule has 0 saturated heterocycles. The highest BCUT2D eigenvalue weighted by molar-refractivity contribution is 5.75. The molecule has 6 nitrogen and oxygen atoms in total. The first-order valence-electron chi connectivity index (χ1n) is 9.35. The van der Waals surface area contributed by atoms with Gasteiger partial charge in [-0.1, -0.05) is 12.1 Å². The SMILES string of the molecule is O=C(CCn1ccn2nc(-c3ccc(F)cc3)cc2c1=O)NCc1ccc(F)cc1. The number of halogens is 2. The molecule has 4 aromatic rings. The molecular formula is C22H18F2N4O2. The van der Waals surface area contributed by atoms with Crippen molar-refractivity contribution in [3.63, 3.8) is 0 Å². The van der Waals surface area contributed by atoms with Crippen molar-refractivity contribution in [1.29, 1.82) is 0 Å². The lowest BCUT2D eigenvalue weighted by atomic mass is 10.1. The number of benzene rings is 2. The van der Waals surface area contributed by atoms with Gasteiger partial charge in [-0.3, -0.25) is 9.59 Å². The van der Waals surface area contributed by atoms with Gasteiger partial charge >= 0.3 is 0 Å². The second kappa shape index (κ2) is 8.28. The van der Waals surface area contributed by atoms with Crippen LogP contribution in [-0.2, 0) is 17.9 Å². The van der Waals surface area contributed by atoms with Crippen molar-refractivity contribution >= 4 is 11.4 Å². The van der Waals surface area contributed by atoms with E-state index >= 15 is 0 Å². The predicted octanol–water partition coefficient (Wildman–Crippen LogP) is 3.15. The second-order valence-corrected chi connectivity index (χ2v) is 6.82. The van der Waals surface area contributed by atoms with E-state index in [9.17, 15) is 18.4 Å². The van der Waals surface area contributed by atoms with Crippen molar-refractivity contribution in [2.75, 3.05) is 0 Å². The zero-order chi connectivity index (χ0) is 21.1. The van der Waals surface area contributed by atoms with E-state index in [1.165, 1.54) is 33.3 Å². The molecule has 0 fully saturated rings. The Morgan fingerprint density at radius 3 is 2.33 bits per heavy atom. The van der Waals surface area contributed by atoms with Gasteiger partial charge in [-0.2, -0.15) is 5.10 Å². The molecule has 2 heterocycles. The summed E-state index contributed by atoms with van der Waals surface area (Å²) in [6.45, 7) is 0.498. The van der Waals surface area contributed by atoms with E-state index < -0.39 is 0 Å². The van der Waals surface area contributed by atoms with Crippen molar-refractivity contribution in [2.45, 2.75) is 19.5 Å². The lowest BCUT2D eigenvalue weighted by Crippen LogP contribution is -2.27. The highest BCUT2D eigenvalue weighted by atomic mass is 19.1. The van der Waals surface area contributed by atoms with Crippen LogP contribution in [0.3, 0.4) is 0 Å². The minimum Gasteiger partial charge on any atom is -0.352 e. The maximum atomic E-state index is 13.1. The van der Waals surface area contributed by atoms with Crippen LogP contribution in [0.25, 0.3) is 16.8 Å². The molecule has 1 amide bonds. The smallest absolute Gasteiger partial charge is 0.276 e. The van der Waals surface area contributed by atoms with Gasteiger partial charge in [0.2, 0.25) is 5.91 Å². The molecule has 2 aromatic heterocycles. The fourth-order valence-corrected chi connectivity index (χ4v) is 3.08. The molecule has 2 aromatic carbocycles. The van der Waals surface area contributed by atoms with Gasteiger partial charge in [-0.15, -0.1) is 0 Å². The molecule has 0 aliphatic heterocycles. The zero-order valence-electron chi connectivity index (χ0n) is 15.9. The first-order valence-corrected chi connectivity index (χ1v) is 9.35. The number of carbonyl (C=O) groups excluding carboxylic acids is 1. The summed E-state index contributed by atoms with van der Waals surface area (Å²) in [5.74, 6) is -0.892. The number of nitrogens with zero attached hydrogens (tertiary/aromatic N) is 3. The highest BCUT2D eigenvalue weighted by Gasteiger charge is 2.10. The molecule has 0 saturated carbocycles. The molecule has 152 valence electrons. The van der Waals surface area contributed by atoms with Crippen molar-refractivity contribution in [3.8, 4) is 11.3 Å². The van der Waals surface area contributed by atoms with Gasteiger partial charge in [-0.05, 0) is 48.0 Å². The summed E-state index contributed by atoms with van der Waals surface area (Å²) >= 11 is 0. The monoisotopic (exact) mass is 408 g/mol. The Balaban J connectivity index is 1.43. The van der Waals surface area contributed by atoms with E-state index in [0.29, 0.717) is 16.8 Å². The fourth-order valence-electron chi connectivity index (χ4n) is 3.08. The van der Waals surface area contributed by atoms with E-state index in [-0.39, 0.29) is 42.6 Å². The summed E-state index contributed by atoms with van der Waals surface area (Å²) in [5.41, 5.74) is 2.14. The molecule has 0 atom stereocenters. The molecule has 1 N–H and O–H groups in total. The summed E-state index contributed by atoms with van der Waals surface area (Å²) in [5, 5.41) is 7.10. The summed E-state index contributed by atoms with van der Waals surface area (Å²) in [4.78, 5) is 24.8. The van der Waals surface area contributed by atoms with Crippen molar-refractivity contribution in [3.05, 3.63) is 94.5 Å². The average molecular weight is 408 g/mol. The normalized spacial score (nSPS) is 11.0. The molecule has 0 radical (unpaired) electrons. The number of amides is 1. The van der Waals surface area contributed by atoms with Gasteiger partial charge in [0.1, 0.15) is 17.2 Å². The number of fused-ring (bicyclic) bond motifs is 1. The zero-order valence-corrected chi connectivity index (χ0v) is 15.9. The van der Waals surface area contributed by atoms with Crippen LogP contribution in [0, 0.1) is 11.6 Å². The minimum absolute atomic E-state index is 0.121. The van der Waals surface area contributed by atoms with Crippen LogP contribution in [0.1, 0.15) is 12.0 Å². The fraction of sp³-hybridized carbons (Fsp3) is 0.136. The largest absolute Gasteiger partial charge is 0.352 e. The minimum atomic E-state index is -0.345. The number of rotatable bonds is 6. The van der Waals surface area contributed by atoms with Crippen LogP contribution in [0.5, 0.6) is 0 Å². The Kier molecular flexibility index (Phi) is 5.38. The Bertz CT molecular complexity index is 1250. The molecule has 0 aliphatic carbocycles. The molecule has 8 heteroatoms. The van der Waals surface area contributed by atoms with Gasteiger partial charge < -0.3 is 9.88 Å². The number of nitrogens with one attached hydrogen (secondary N) is 1.